The van der Waals surface area contributed by atoms with Crippen LogP contribution >= 0.6 is 46.1 Å². The van der Waals surface area contributed by atoms with E-state index >= 15 is 0 Å². The molecule has 19 heavy (non-hydrogen) atoms. The molecule has 1 aromatic carbocycles. The molecule has 3 rings (SSSR count). The van der Waals surface area contributed by atoms with Crippen molar-refractivity contribution in [3.8, 4) is 0 Å². The number of nitrogens with zero attached hydrogens (tertiary/aromatic N) is 3. The predicted molar refractivity (Wildman–Crippen MR) is 79.5 cm³/mol. The molecule has 0 aliphatic rings. The molecule has 0 unspecified atom stereocenters. The van der Waals surface area contributed by atoms with Crippen LogP contribution in [0, 0.1) is 0 Å². The molecule has 0 spiro atoms. The number of aromatic nitrogens is 3. The lowest BCUT2D eigenvalue weighted by atomic mass is 10.1. The van der Waals surface area contributed by atoms with Crippen LogP contribution in [0.15, 0.2) is 24.5 Å². The van der Waals surface area contributed by atoms with Crippen LogP contribution < -0.4 is 0 Å². The maximum atomic E-state index is 6.15. The van der Waals surface area contributed by atoms with Crippen LogP contribution in [0.1, 0.15) is 10.6 Å². The monoisotopic (exact) mass is 329 g/mol. The lowest BCUT2D eigenvalue weighted by molar-refractivity contribution is 1.14. The Hall–Kier alpha value is -0.940. The summed E-state index contributed by atoms with van der Waals surface area (Å²) in [5.74, 6) is 0. The molecule has 0 radical (unpaired) electrons. The fourth-order valence-electron chi connectivity index (χ4n) is 1.67. The quantitative estimate of drug-likeness (QED) is 0.643. The Balaban J connectivity index is 1.99. The molecule has 0 N–H and O–H groups in total. The summed E-state index contributed by atoms with van der Waals surface area (Å²) >= 11 is 19.5. The molecule has 96 valence electrons. The SMILES string of the molecule is Clc1ccc(Cc2nc3c(Cl)ncnc3s2)c(Cl)c1. The van der Waals surface area contributed by atoms with Gasteiger partial charge >= 0.3 is 0 Å². The first kappa shape index (κ1) is 13.1. The van der Waals surface area contributed by atoms with Crippen LogP contribution in [0.4, 0.5) is 0 Å². The Morgan fingerprint density at radius 3 is 2.68 bits per heavy atom. The van der Waals surface area contributed by atoms with E-state index in [2.05, 4.69) is 15.0 Å². The second kappa shape index (κ2) is 5.21. The zero-order valence-corrected chi connectivity index (χ0v) is 12.5. The molecule has 0 atom stereocenters. The summed E-state index contributed by atoms with van der Waals surface area (Å²) in [6, 6.07) is 5.42. The van der Waals surface area contributed by atoms with Gasteiger partial charge in [0.1, 0.15) is 21.7 Å². The number of hydrogen-bond acceptors (Lipinski definition) is 4. The van der Waals surface area contributed by atoms with Crippen molar-refractivity contribution in [2.24, 2.45) is 0 Å². The van der Waals surface area contributed by atoms with Gasteiger partial charge in [0.15, 0.2) is 5.15 Å². The highest BCUT2D eigenvalue weighted by molar-refractivity contribution is 7.18. The molecule has 0 fully saturated rings. The molecule has 0 aliphatic heterocycles. The van der Waals surface area contributed by atoms with Crippen LogP contribution in [-0.4, -0.2) is 15.0 Å². The highest BCUT2D eigenvalue weighted by Crippen LogP contribution is 2.28. The lowest BCUT2D eigenvalue weighted by Gasteiger charge is -2.01. The lowest BCUT2D eigenvalue weighted by Crippen LogP contribution is -1.88. The van der Waals surface area contributed by atoms with Crippen molar-refractivity contribution < 1.29 is 0 Å². The maximum Gasteiger partial charge on any atom is 0.159 e. The van der Waals surface area contributed by atoms with Crippen LogP contribution in [0.3, 0.4) is 0 Å². The maximum absolute atomic E-state index is 6.15. The minimum absolute atomic E-state index is 0.370. The van der Waals surface area contributed by atoms with Gasteiger partial charge in [-0.2, -0.15) is 0 Å². The Labute approximate surface area is 128 Å². The molecule has 3 nitrogen and oxygen atoms in total. The van der Waals surface area contributed by atoms with Crippen LogP contribution in [-0.2, 0) is 6.42 Å². The third-order valence-corrected chi connectivity index (χ3v) is 4.38. The molecule has 0 saturated carbocycles. The van der Waals surface area contributed by atoms with Gasteiger partial charge in [-0.3, -0.25) is 0 Å². The third kappa shape index (κ3) is 2.67. The predicted octanol–water partition coefficient (Wildman–Crippen LogP) is 4.64. The number of fused-ring (bicyclic) bond motifs is 1. The van der Waals surface area contributed by atoms with Gasteiger partial charge in [0.05, 0.1) is 0 Å². The van der Waals surface area contributed by atoms with E-state index in [9.17, 15) is 0 Å². The van der Waals surface area contributed by atoms with Crippen molar-refractivity contribution in [3.05, 3.63) is 50.3 Å². The summed E-state index contributed by atoms with van der Waals surface area (Å²) in [5, 5.41) is 2.51. The van der Waals surface area contributed by atoms with E-state index < -0.39 is 0 Å². The van der Waals surface area contributed by atoms with E-state index in [0.29, 0.717) is 27.1 Å². The van der Waals surface area contributed by atoms with Crippen LogP contribution in [0.25, 0.3) is 10.3 Å². The molecule has 0 bridgehead atoms. The number of benzene rings is 1. The van der Waals surface area contributed by atoms with Gasteiger partial charge in [-0.1, -0.05) is 52.2 Å². The Morgan fingerprint density at radius 1 is 1.11 bits per heavy atom. The van der Waals surface area contributed by atoms with Crippen molar-refractivity contribution in [2.45, 2.75) is 6.42 Å². The first-order valence-corrected chi connectivity index (χ1v) is 7.28. The van der Waals surface area contributed by atoms with Crippen molar-refractivity contribution in [3.63, 3.8) is 0 Å². The van der Waals surface area contributed by atoms with Crippen molar-refractivity contribution in [1.82, 2.24) is 15.0 Å². The van der Waals surface area contributed by atoms with E-state index in [-0.39, 0.29) is 0 Å². The molecule has 0 saturated heterocycles. The number of thiazole rings is 1. The smallest absolute Gasteiger partial charge is 0.159 e. The highest BCUT2D eigenvalue weighted by atomic mass is 35.5. The van der Waals surface area contributed by atoms with Gasteiger partial charge in [0.2, 0.25) is 0 Å². The molecular formula is C12H6Cl3N3S. The molecule has 0 amide bonds. The van der Waals surface area contributed by atoms with Gasteiger partial charge in [0.25, 0.3) is 0 Å². The van der Waals surface area contributed by atoms with E-state index in [1.807, 2.05) is 12.1 Å². The van der Waals surface area contributed by atoms with Gasteiger partial charge < -0.3 is 0 Å². The molecule has 2 heterocycles. The Kier molecular flexibility index (Phi) is 3.58. The van der Waals surface area contributed by atoms with Gasteiger partial charge in [-0.05, 0) is 17.7 Å². The fourth-order valence-corrected chi connectivity index (χ4v) is 3.31. The van der Waals surface area contributed by atoms with Gasteiger partial charge in [-0.15, -0.1) is 0 Å². The van der Waals surface area contributed by atoms with E-state index in [1.165, 1.54) is 17.7 Å². The zero-order valence-electron chi connectivity index (χ0n) is 9.40. The van der Waals surface area contributed by atoms with E-state index in [0.717, 1.165) is 15.4 Å². The summed E-state index contributed by atoms with van der Waals surface area (Å²) in [4.78, 5) is 13.3. The molecule has 3 aromatic rings. The number of halogens is 3. The molecule has 0 aliphatic carbocycles. The average Bonchev–Trinajstić information content (AvgIpc) is 2.77. The summed E-state index contributed by atoms with van der Waals surface area (Å²) in [5.41, 5.74) is 1.60. The second-order valence-corrected chi connectivity index (χ2v) is 6.10. The van der Waals surface area contributed by atoms with Crippen molar-refractivity contribution >= 4 is 56.5 Å². The fraction of sp³-hybridized carbons (Fsp3) is 0.0833. The zero-order chi connectivity index (χ0) is 13.4. The van der Waals surface area contributed by atoms with E-state index in [1.54, 1.807) is 6.07 Å². The standard InChI is InChI=1S/C12H6Cl3N3S/c13-7-2-1-6(8(14)4-7)3-9-18-10-11(15)16-5-17-12(10)19-9/h1-2,4-5H,3H2. The minimum atomic E-state index is 0.370. The third-order valence-electron chi connectivity index (χ3n) is 2.55. The summed E-state index contributed by atoms with van der Waals surface area (Å²) in [6.07, 6.45) is 2.05. The molecular weight excluding hydrogens is 325 g/mol. The summed E-state index contributed by atoms with van der Waals surface area (Å²) in [6.45, 7) is 0. The van der Waals surface area contributed by atoms with Crippen LogP contribution in [0.5, 0.6) is 0 Å². The Bertz CT molecular complexity index is 757. The van der Waals surface area contributed by atoms with Gasteiger partial charge in [0, 0.05) is 16.5 Å². The molecule has 2 aromatic heterocycles. The minimum Gasteiger partial charge on any atom is -0.236 e. The topological polar surface area (TPSA) is 38.7 Å². The number of hydrogen-bond donors (Lipinski definition) is 0. The van der Waals surface area contributed by atoms with Crippen molar-refractivity contribution in [1.29, 1.82) is 0 Å². The average molecular weight is 331 g/mol. The largest absolute Gasteiger partial charge is 0.236 e. The van der Waals surface area contributed by atoms with Crippen molar-refractivity contribution in [2.75, 3.05) is 0 Å². The molecule has 7 heteroatoms. The highest BCUT2D eigenvalue weighted by Gasteiger charge is 2.11. The first-order chi connectivity index (χ1) is 9.13. The summed E-state index contributed by atoms with van der Waals surface area (Å²) < 4.78 is 0. The second-order valence-electron chi connectivity index (χ2n) is 3.84. The summed E-state index contributed by atoms with van der Waals surface area (Å²) in [7, 11) is 0. The van der Waals surface area contributed by atoms with Crippen LogP contribution in [0.2, 0.25) is 15.2 Å². The van der Waals surface area contributed by atoms with Gasteiger partial charge in [-0.25, -0.2) is 15.0 Å². The number of rotatable bonds is 2. The van der Waals surface area contributed by atoms with E-state index in [4.69, 9.17) is 34.8 Å². The Morgan fingerprint density at radius 2 is 1.95 bits per heavy atom. The first-order valence-electron chi connectivity index (χ1n) is 5.33. The normalized spacial score (nSPS) is 11.1.